The Kier molecular flexibility index (Phi) is 9.15. The van der Waals surface area contributed by atoms with Gasteiger partial charge in [-0.3, -0.25) is 9.69 Å². The number of carbonyl (C=O) groups is 1. The summed E-state index contributed by atoms with van der Waals surface area (Å²) in [5, 5.41) is 6.31. The minimum absolute atomic E-state index is 0.172. The lowest BCUT2D eigenvalue weighted by Gasteiger charge is -2.17. The predicted octanol–water partition coefficient (Wildman–Crippen LogP) is 4.46. The third kappa shape index (κ3) is 8.35. The summed E-state index contributed by atoms with van der Waals surface area (Å²) in [5.74, 6) is 0.311. The van der Waals surface area contributed by atoms with Gasteiger partial charge in [-0.05, 0) is 62.6 Å². The van der Waals surface area contributed by atoms with Crippen LogP contribution in [0.2, 0.25) is 0 Å². The summed E-state index contributed by atoms with van der Waals surface area (Å²) in [7, 11) is 5.98. The topological polar surface area (TPSA) is 82.6 Å². The number of rotatable bonds is 4. The fourth-order valence-corrected chi connectivity index (χ4v) is 3.95. The van der Waals surface area contributed by atoms with Crippen molar-refractivity contribution in [3.05, 3.63) is 90.2 Å². The average molecular weight is 499 g/mol. The van der Waals surface area contributed by atoms with E-state index in [9.17, 15) is 4.79 Å². The maximum atomic E-state index is 12.5. The molecule has 3 aromatic rings. The lowest BCUT2D eigenvalue weighted by Crippen LogP contribution is -2.18. The van der Waals surface area contributed by atoms with E-state index in [-0.39, 0.29) is 5.91 Å². The van der Waals surface area contributed by atoms with Gasteiger partial charge in [-0.25, -0.2) is 9.97 Å². The van der Waals surface area contributed by atoms with Gasteiger partial charge in [0.05, 0.1) is 18.9 Å². The van der Waals surface area contributed by atoms with Crippen LogP contribution in [-0.2, 0) is 22.7 Å². The molecule has 1 aliphatic rings. The van der Waals surface area contributed by atoms with E-state index in [2.05, 4.69) is 51.8 Å². The van der Waals surface area contributed by atoms with Crippen molar-refractivity contribution in [1.82, 2.24) is 19.8 Å². The molecule has 8 heteroatoms. The molecular formula is C29H34N6O2. The second-order valence-electron chi connectivity index (χ2n) is 9.35. The fraction of sp³-hybridized carbons (Fsp3) is 0.276. The number of aromatic nitrogens is 2. The number of nitrogens with one attached hydrogen (secondary N) is 2. The van der Waals surface area contributed by atoms with E-state index in [0.29, 0.717) is 37.9 Å². The van der Waals surface area contributed by atoms with E-state index < -0.39 is 0 Å². The maximum Gasteiger partial charge on any atom is 0.248 e. The van der Waals surface area contributed by atoms with Crippen LogP contribution in [-0.4, -0.2) is 66.5 Å². The molecular weight excluding hydrogens is 464 g/mol. The van der Waals surface area contributed by atoms with E-state index in [1.807, 2.05) is 61.5 Å². The molecule has 1 amide bonds. The zero-order chi connectivity index (χ0) is 26.0. The minimum atomic E-state index is -0.172. The SMILES string of the molecule is CN(C)C/C=C/C(=O)Nc1cc2cc(c1)Nc1nccc(n1)-c1cccc(c1)COC/C=C/CN(C)C2. The third-order valence-corrected chi connectivity index (χ3v) is 5.65. The van der Waals surface area contributed by atoms with Gasteiger partial charge in [0.15, 0.2) is 0 Å². The number of anilines is 3. The maximum absolute atomic E-state index is 12.5. The minimum Gasteiger partial charge on any atom is -0.373 e. The van der Waals surface area contributed by atoms with Gasteiger partial charge in [0.1, 0.15) is 0 Å². The molecule has 0 unspecified atom stereocenters. The first kappa shape index (κ1) is 26.2. The molecule has 0 fully saturated rings. The van der Waals surface area contributed by atoms with E-state index in [1.165, 1.54) is 0 Å². The average Bonchev–Trinajstić information content (AvgIpc) is 2.85. The number of ether oxygens (including phenoxy) is 1. The van der Waals surface area contributed by atoms with E-state index in [4.69, 9.17) is 9.72 Å². The second-order valence-corrected chi connectivity index (χ2v) is 9.35. The number of hydrogen-bond donors (Lipinski definition) is 2. The number of hydrogen-bond acceptors (Lipinski definition) is 7. The van der Waals surface area contributed by atoms with Crippen LogP contribution in [0.5, 0.6) is 0 Å². The number of fused-ring (bicyclic) bond motifs is 7. The number of amides is 1. The van der Waals surface area contributed by atoms with Gasteiger partial charge >= 0.3 is 0 Å². The number of likely N-dealkylation sites (N-methyl/N-ethyl adjacent to an activating group) is 2. The van der Waals surface area contributed by atoms with Crippen molar-refractivity contribution < 1.29 is 9.53 Å². The van der Waals surface area contributed by atoms with Crippen LogP contribution >= 0.6 is 0 Å². The van der Waals surface area contributed by atoms with Crippen LogP contribution in [0, 0.1) is 0 Å². The summed E-state index contributed by atoms with van der Waals surface area (Å²) in [4.78, 5) is 25.9. The molecule has 4 rings (SSSR count). The Labute approximate surface area is 218 Å². The fourth-order valence-electron chi connectivity index (χ4n) is 3.95. The molecule has 37 heavy (non-hydrogen) atoms. The van der Waals surface area contributed by atoms with Gasteiger partial charge in [0.2, 0.25) is 11.9 Å². The van der Waals surface area contributed by atoms with Gasteiger partial charge < -0.3 is 20.3 Å². The van der Waals surface area contributed by atoms with Crippen LogP contribution in [0.25, 0.3) is 11.3 Å². The smallest absolute Gasteiger partial charge is 0.248 e. The van der Waals surface area contributed by atoms with Crippen molar-refractivity contribution in [3.63, 3.8) is 0 Å². The molecule has 0 atom stereocenters. The first-order valence-electron chi connectivity index (χ1n) is 12.3. The zero-order valence-corrected chi connectivity index (χ0v) is 21.6. The van der Waals surface area contributed by atoms with Gasteiger partial charge in [-0.15, -0.1) is 0 Å². The molecule has 0 saturated carbocycles. The molecule has 1 aromatic heterocycles. The lowest BCUT2D eigenvalue weighted by molar-refractivity contribution is -0.111. The molecule has 1 aliphatic heterocycles. The monoisotopic (exact) mass is 498 g/mol. The summed E-state index contributed by atoms with van der Waals surface area (Å²) < 4.78 is 5.84. The number of nitrogens with zero attached hydrogens (tertiary/aromatic N) is 4. The Balaban J connectivity index is 1.64. The standard InChI is InChI=1S/C29H34N6O2/c1-34(2)13-7-10-28(36)31-25-17-23-18-26(19-25)32-29-30-12-11-27(33-29)24-9-6-8-22(16-24)21-37-15-5-4-14-35(3)20-23/h4-12,16-19H,13-15,20-21H2,1-3H3,(H,31,36)(H,30,32,33)/b5-4+,10-7+. The van der Waals surface area contributed by atoms with Gasteiger partial charge in [0.25, 0.3) is 0 Å². The highest BCUT2D eigenvalue weighted by Gasteiger charge is 2.09. The third-order valence-electron chi connectivity index (χ3n) is 5.65. The van der Waals surface area contributed by atoms with E-state index in [1.54, 1.807) is 12.3 Å². The summed E-state index contributed by atoms with van der Waals surface area (Å²) in [6.07, 6.45) is 9.30. The summed E-state index contributed by atoms with van der Waals surface area (Å²) in [6.45, 7) is 3.25. The van der Waals surface area contributed by atoms with Crippen LogP contribution in [0.15, 0.2) is 79.0 Å². The largest absolute Gasteiger partial charge is 0.373 e. The molecule has 0 spiro atoms. The number of benzene rings is 2. The van der Waals surface area contributed by atoms with Gasteiger partial charge in [0, 0.05) is 48.8 Å². The van der Waals surface area contributed by atoms with Crippen molar-refractivity contribution in [2.24, 2.45) is 0 Å². The predicted molar refractivity (Wildman–Crippen MR) is 149 cm³/mol. The molecule has 2 heterocycles. The molecule has 8 nitrogen and oxygen atoms in total. The zero-order valence-electron chi connectivity index (χ0n) is 21.6. The van der Waals surface area contributed by atoms with Crippen LogP contribution < -0.4 is 10.6 Å². The highest BCUT2D eigenvalue weighted by atomic mass is 16.5. The highest BCUT2D eigenvalue weighted by molar-refractivity contribution is 5.99. The molecule has 0 saturated heterocycles. The first-order valence-corrected chi connectivity index (χ1v) is 12.3. The Bertz CT molecular complexity index is 1270. The summed E-state index contributed by atoms with van der Waals surface area (Å²) in [6, 6.07) is 16.0. The normalized spacial score (nSPS) is 15.6. The van der Waals surface area contributed by atoms with Gasteiger partial charge in [-0.2, -0.15) is 0 Å². The van der Waals surface area contributed by atoms with Crippen molar-refractivity contribution in [3.8, 4) is 11.3 Å². The second kappa shape index (κ2) is 12.9. The Hall–Kier alpha value is -3.85. The number of carbonyl (C=O) groups excluding carboxylic acids is 1. The summed E-state index contributed by atoms with van der Waals surface area (Å²) in [5.41, 5.74) is 5.45. The molecule has 0 radical (unpaired) electrons. The van der Waals surface area contributed by atoms with Crippen LogP contribution in [0.1, 0.15) is 11.1 Å². The summed E-state index contributed by atoms with van der Waals surface area (Å²) >= 11 is 0. The van der Waals surface area contributed by atoms with E-state index >= 15 is 0 Å². The van der Waals surface area contributed by atoms with Crippen molar-refractivity contribution in [2.45, 2.75) is 13.2 Å². The van der Waals surface area contributed by atoms with Crippen LogP contribution in [0.4, 0.5) is 17.3 Å². The van der Waals surface area contributed by atoms with Gasteiger partial charge in [-0.1, -0.05) is 36.4 Å². The quantitative estimate of drug-likeness (QED) is 0.406. The molecule has 0 aliphatic carbocycles. The highest BCUT2D eigenvalue weighted by Crippen LogP contribution is 2.25. The van der Waals surface area contributed by atoms with Crippen molar-refractivity contribution in [1.29, 1.82) is 0 Å². The Morgan fingerprint density at radius 1 is 1.16 bits per heavy atom. The van der Waals surface area contributed by atoms with Crippen LogP contribution in [0.3, 0.4) is 0 Å². The molecule has 2 aromatic carbocycles. The van der Waals surface area contributed by atoms with Crippen molar-refractivity contribution >= 4 is 23.2 Å². The lowest BCUT2D eigenvalue weighted by atomic mass is 10.1. The molecule has 2 N–H and O–H groups in total. The Morgan fingerprint density at radius 3 is 2.92 bits per heavy atom. The first-order chi connectivity index (χ1) is 17.9. The molecule has 192 valence electrons. The molecule has 6 bridgehead atoms. The Morgan fingerprint density at radius 2 is 2.05 bits per heavy atom. The van der Waals surface area contributed by atoms with E-state index in [0.717, 1.165) is 34.6 Å². The van der Waals surface area contributed by atoms with Crippen molar-refractivity contribution in [2.75, 3.05) is 51.5 Å².